The van der Waals surface area contributed by atoms with E-state index in [0.717, 1.165) is 16.5 Å². The minimum atomic E-state index is -1.58. The van der Waals surface area contributed by atoms with Crippen LogP contribution in [0.1, 0.15) is 31.7 Å². The number of primary amides is 1. The number of amides is 4. The second-order valence-corrected chi connectivity index (χ2v) is 10.1. The third-order valence-corrected chi connectivity index (χ3v) is 6.70. The van der Waals surface area contributed by atoms with Crippen LogP contribution in [0.25, 0.3) is 10.9 Å². The number of nitrogens with two attached hydrogens (primary N) is 2. The number of carbonyl (C=O) groups excluding carboxylic acids is 4. The number of para-hydroxylation sites is 1. The number of thioether (sulfide) groups is 1. The van der Waals surface area contributed by atoms with Gasteiger partial charge in [0.05, 0.1) is 12.1 Å². The highest BCUT2D eigenvalue weighted by Crippen LogP contribution is 2.19. The summed E-state index contributed by atoms with van der Waals surface area (Å²) in [6.07, 6.45) is 2.11. The molecular weight excluding hydrogens is 528 g/mol. The molecule has 0 aliphatic heterocycles. The highest BCUT2D eigenvalue weighted by molar-refractivity contribution is 7.98. The second kappa shape index (κ2) is 15.1. The predicted molar refractivity (Wildman–Crippen MR) is 147 cm³/mol. The molecule has 1 heterocycles. The fourth-order valence-electron chi connectivity index (χ4n) is 3.88. The third-order valence-electron chi connectivity index (χ3n) is 6.05. The molecule has 10 N–H and O–H groups in total. The highest BCUT2D eigenvalue weighted by Gasteiger charge is 2.32. The molecule has 14 heteroatoms. The Labute approximate surface area is 229 Å². The molecule has 0 spiro atoms. The molecule has 0 saturated carbocycles. The van der Waals surface area contributed by atoms with Gasteiger partial charge in [-0.05, 0) is 49.8 Å². The summed E-state index contributed by atoms with van der Waals surface area (Å²) >= 11 is 1.40. The lowest BCUT2D eigenvalue weighted by Gasteiger charge is -2.25. The maximum absolute atomic E-state index is 13.2. The van der Waals surface area contributed by atoms with Gasteiger partial charge in [0, 0.05) is 23.5 Å². The number of nitrogens with one attached hydrogen (secondary N) is 4. The van der Waals surface area contributed by atoms with E-state index in [9.17, 15) is 34.2 Å². The van der Waals surface area contributed by atoms with Gasteiger partial charge < -0.3 is 42.6 Å². The van der Waals surface area contributed by atoms with Gasteiger partial charge in [-0.2, -0.15) is 11.8 Å². The van der Waals surface area contributed by atoms with E-state index in [-0.39, 0.29) is 25.7 Å². The van der Waals surface area contributed by atoms with Gasteiger partial charge in [0.15, 0.2) is 6.04 Å². The number of hydrogen-bond donors (Lipinski definition) is 8. The van der Waals surface area contributed by atoms with Crippen LogP contribution >= 0.6 is 11.8 Å². The van der Waals surface area contributed by atoms with Gasteiger partial charge in [0.2, 0.25) is 23.6 Å². The van der Waals surface area contributed by atoms with Crippen LogP contribution < -0.4 is 27.4 Å². The first-order chi connectivity index (χ1) is 18.4. The lowest BCUT2D eigenvalue weighted by atomic mass is 10.0. The van der Waals surface area contributed by atoms with Gasteiger partial charge in [-0.15, -0.1) is 0 Å². The number of hydrogen-bond acceptors (Lipinski definition) is 8. The topological polar surface area (TPSA) is 230 Å². The zero-order valence-electron chi connectivity index (χ0n) is 21.8. The quantitative estimate of drug-likeness (QED) is 0.124. The number of carboxylic acid groups (broad SMARTS) is 1. The third kappa shape index (κ3) is 9.57. The molecule has 1 aromatic heterocycles. The van der Waals surface area contributed by atoms with Crippen molar-refractivity contribution in [1.82, 2.24) is 20.9 Å². The molecule has 0 radical (unpaired) electrons. The van der Waals surface area contributed by atoms with Crippen molar-refractivity contribution in [2.75, 3.05) is 12.0 Å². The molecule has 0 aliphatic rings. The van der Waals surface area contributed by atoms with Crippen LogP contribution in [-0.2, 0) is 30.4 Å². The Morgan fingerprint density at radius 1 is 1.00 bits per heavy atom. The highest BCUT2D eigenvalue weighted by atomic mass is 32.2. The summed E-state index contributed by atoms with van der Waals surface area (Å²) in [5.41, 5.74) is 13.1. The van der Waals surface area contributed by atoms with Crippen molar-refractivity contribution in [3.8, 4) is 0 Å². The number of aromatic nitrogens is 1. The molecule has 0 bridgehead atoms. The summed E-state index contributed by atoms with van der Waals surface area (Å²) in [5.74, 6) is -3.92. The summed E-state index contributed by atoms with van der Waals surface area (Å²) < 4.78 is 0. The molecule has 0 fully saturated rings. The Morgan fingerprint density at radius 2 is 1.62 bits per heavy atom. The largest absolute Gasteiger partial charge is 0.480 e. The zero-order chi connectivity index (χ0) is 29.1. The molecule has 39 heavy (non-hydrogen) atoms. The minimum Gasteiger partial charge on any atom is -0.480 e. The normalized spacial score (nSPS) is 15.0. The Hall–Kier alpha value is -3.62. The second-order valence-electron chi connectivity index (χ2n) is 9.14. The summed E-state index contributed by atoms with van der Waals surface area (Å²) in [4.78, 5) is 64.8. The lowest BCUT2D eigenvalue weighted by molar-refractivity contribution is -0.145. The van der Waals surface area contributed by atoms with Gasteiger partial charge in [-0.25, -0.2) is 4.79 Å². The number of fused-ring (bicyclic) bond motifs is 1. The fourth-order valence-corrected chi connectivity index (χ4v) is 4.36. The van der Waals surface area contributed by atoms with E-state index in [2.05, 4.69) is 20.9 Å². The molecule has 5 unspecified atom stereocenters. The Morgan fingerprint density at radius 3 is 2.23 bits per heavy atom. The van der Waals surface area contributed by atoms with Gasteiger partial charge in [0.1, 0.15) is 12.1 Å². The van der Waals surface area contributed by atoms with Crippen molar-refractivity contribution < 1.29 is 34.2 Å². The van der Waals surface area contributed by atoms with E-state index in [1.54, 1.807) is 12.5 Å². The smallest absolute Gasteiger partial charge is 0.328 e. The van der Waals surface area contributed by atoms with Gasteiger partial charge in [-0.3, -0.25) is 19.2 Å². The molecule has 0 aliphatic carbocycles. The molecule has 13 nitrogen and oxygen atoms in total. The van der Waals surface area contributed by atoms with E-state index in [1.165, 1.54) is 18.7 Å². The van der Waals surface area contributed by atoms with Crippen molar-refractivity contribution >= 4 is 52.3 Å². The van der Waals surface area contributed by atoms with Crippen molar-refractivity contribution in [2.24, 2.45) is 11.5 Å². The number of aromatic amines is 1. The first-order valence-corrected chi connectivity index (χ1v) is 13.7. The first-order valence-electron chi connectivity index (χ1n) is 12.3. The van der Waals surface area contributed by atoms with Crippen LogP contribution in [0.3, 0.4) is 0 Å². The Balaban J connectivity index is 2.14. The molecule has 214 valence electrons. The lowest BCUT2D eigenvalue weighted by Crippen LogP contribution is -2.58. The summed E-state index contributed by atoms with van der Waals surface area (Å²) in [6.45, 7) is 1.21. The average molecular weight is 565 g/mol. The number of aliphatic hydroxyl groups excluding tert-OH is 1. The van der Waals surface area contributed by atoms with Crippen LogP contribution in [0.5, 0.6) is 0 Å². The minimum absolute atomic E-state index is 0.140. The van der Waals surface area contributed by atoms with Crippen molar-refractivity contribution in [3.63, 3.8) is 0 Å². The van der Waals surface area contributed by atoms with Crippen molar-refractivity contribution in [1.29, 1.82) is 0 Å². The van der Waals surface area contributed by atoms with Crippen LogP contribution in [0.2, 0.25) is 0 Å². The molecule has 1 aromatic carbocycles. The molecule has 4 amide bonds. The van der Waals surface area contributed by atoms with Gasteiger partial charge >= 0.3 is 5.97 Å². The molecule has 5 atom stereocenters. The maximum Gasteiger partial charge on any atom is 0.328 e. The monoisotopic (exact) mass is 564 g/mol. The molecule has 0 saturated heterocycles. The van der Waals surface area contributed by atoms with Crippen molar-refractivity contribution in [3.05, 3.63) is 36.0 Å². The number of aliphatic carboxylic acids is 1. The average Bonchev–Trinajstić information content (AvgIpc) is 3.29. The standard InChI is InChI=1S/C25H36N6O7S/c1-13(32)21(25(37)38)31-24(36)19(9-10-39-2)30-23(35)18(7-8-20(27)33)29-22(34)16(26)11-14-12-28-17-6-4-3-5-15(14)17/h3-6,12-13,16,18-19,21,28,32H,7-11,26H2,1-2H3,(H2,27,33)(H,29,34)(H,30,35)(H,31,36)(H,37,38). The Bertz CT molecular complexity index is 1170. The van der Waals surface area contributed by atoms with E-state index >= 15 is 0 Å². The summed E-state index contributed by atoms with van der Waals surface area (Å²) in [5, 5.41) is 27.2. The SMILES string of the molecule is CSCCC(NC(=O)C(CCC(N)=O)NC(=O)C(N)Cc1c[nH]c2ccccc12)C(=O)NC(C(=O)O)C(C)O. The molecular formula is C25H36N6O7S. The predicted octanol–water partition coefficient (Wildman–Crippen LogP) is -1.02. The zero-order valence-corrected chi connectivity index (χ0v) is 22.6. The van der Waals surface area contributed by atoms with E-state index in [1.807, 2.05) is 24.3 Å². The number of carbonyl (C=O) groups is 5. The van der Waals surface area contributed by atoms with Crippen LogP contribution in [0.4, 0.5) is 0 Å². The number of benzene rings is 1. The number of aliphatic hydroxyl groups is 1. The van der Waals surface area contributed by atoms with Crippen LogP contribution in [0.15, 0.2) is 30.5 Å². The Kier molecular flexibility index (Phi) is 12.2. The fraction of sp³-hybridized carbons (Fsp3) is 0.480. The van der Waals surface area contributed by atoms with E-state index in [4.69, 9.17) is 11.5 Å². The van der Waals surface area contributed by atoms with Crippen LogP contribution in [-0.4, -0.2) is 87.1 Å². The van der Waals surface area contributed by atoms with E-state index in [0.29, 0.717) is 5.75 Å². The molecule has 2 rings (SSSR count). The maximum atomic E-state index is 13.2. The number of H-pyrrole nitrogens is 1. The summed E-state index contributed by atoms with van der Waals surface area (Å²) in [6, 6.07) is 2.49. The van der Waals surface area contributed by atoms with Gasteiger partial charge in [0.25, 0.3) is 0 Å². The molecule has 2 aromatic rings. The summed E-state index contributed by atoms with van der Waals surface area (Å²) in [7, 11) is 0. The van der Waals surface area contributed by atoms with Gasteiger partial charge in [-0.1, -0.05) is 18.2 Å². The first kappa shape index (κ1) is 31.6. The number of rotatable bonds is 16. The van der Waals surface area contributed by atoms with E-state index < -0.39 is 59.9 Å². The number of carboxylic acids is 1. The van der Waals surface area contributed by atoms with Crippen LogP contribution in [0, 0.1) is 0 Å². The van der Waals surface area contributed by atoms with Crippen molar-refractivity contribution in [2.45, 2.75) is 62.9 Å².